The maximum atomic E-state index is 12.4. The van der Waals surface area contributed by atoms with Gasteiger partial charge in [-0.15, -0.1) is 0 Å². The summed E-state index contributed by atoms with van der Waals surface area (Å²) in [5.74, 6) is 0. The van der Waals surface area contributed by atoms with Crippen LogP contribution in [0.5, 0.6) is 0 Å². The lowest BCUT2D eigenvalue weighted by atomic mass is 10.0. The van der Waals surface area contributed by atoms with E-state index in [-0.39, 0.29) is 6.09 Å². The Kier molecular flexibility index (Phi) is 4.80. The van der Waals surface area contributed by atoms with Crippen LogP contribution in [0.3, 0.4) is 0 Å². The Morgan fingerprint density at radius 2 is 1.84 bits per heavy atom. The van der Waals surface area contributed by atoms with Crippen LogP contribution < -0.4 is 0 Å². The zero-order valence-electron chi connectivity index (χ0n) is 12.2. The topological polar surface area (TPSA) is 38.8 Å². The van der Waals surface area contributed by atoms with E-state index in [9.17, 15) is 4.79 Å². The van der Waals surface area contributed by atoms with E-state index in [0.717, 1.165) is 3.39 Å². The van der Waals surface area contributed by atoms with Crippen molar-refractivity contribution in [1.82, 2.24) is 4.90 Å². The molecule has 0 radical (unpaired) electrons. The second-order valence-electron chi connectivity index (χ2n) is 6.34. The van der Waals surface area contributed by atoms with E-state index < -0.39 is 16.9 Å². The normalized spacial score (nSPS) is 26.2. The zero-order chi connectivity index (χ0) is 15.1. The summed E-state index contributed by atoms with van der Waals surface area (Å²) >= 11 is 6.68. The van der Waals surface area contributed by atoms with Gasteiger partial charge in [-0.25, -0.2) is 4.79 Å². The molecule has 1 fully saturated rings. The van der Waals surface area contributed by atoms with E-state index >= 15 is 0 Å². The number of carbonyl (C=O) groups excluding carboxylic acids is 1. The summed E-state index contributed by atoms with van der Waals surface area (Å²) in [5.41, 5.74) is -1.80. The van der Waals surface area contributed by atoms with Crippen molar-refractivity contribution in [1.29, 1.82) is 0 Å². The molecule has 1 saturated heterocycles. The molecule has 1 aliphatic rings. The van der Waals surface area contributed by atoms with Gasteiger partial charge in [-0.1, -0.05) is 0 Å². The Morgan fingerprint density at radius 3 is 2.26 bits per heavy atom. The van der Waals surface area contributed by atoms with Crippen molar-refractivity contribution in [2.75, 3.05) is 6.61 Å². The summed E-state index contributed by atoms with van der Waals surface area (Å²) in [7, 11) is 0. The third-order valence-corrected chi connectivity index (χ3v) is 3.22. The Labute approximate surface area is 131 Å². The van der Waals surface area contributed by atoms with Crippen LogP contribution in [-0.2, 0) is 9.47 Å². The smallest absolute Gasteiger partial charge is 0.413 e. The quantitative estimate of drug-likeness (QED) is 0.657. The van der Waals surface area contributed by atoms with Crippen molar-refractivity contribution in [3.05, 3.63) is 9.47 Å². The van der Waals surface area contributed by atoms with E-state index in [1.807, 2.05) is 47.6 Å². The van der Waals surface area contributed by atoms with E-state index in [1.165, 1.54) is 0 Å². The molecule has 0 aliphatic carbocycles. The first-order valence-corrected chi connectivity index (χ1v) is 7.67. The van der Waals surface area contributed by atoms with Crippen LogP contribution in [0.4, 0.5) is 4.79 Å². The van der Waals surface area contributed by atoms with Gasteiger partial charge in [-0.3, -0.25) is 4.90 Å². The van der Waals surface area contributed by atoms with Gasteiger partial charge in [0.1, 0.15) is 11.3 Å². The van der Waals surface area contributed by atoms with E-state index in [2.05, 4.69) is 31.9 Å². The number of ether oxygens (including phenoxy) is 2. The first-order valence-electron chi connectivity index (χ1n) is 6.08. The van der Waals surface area contributed by atoms with Gasteiger partial charge >= 0.3 is 6.09 Å². The molecule has 0 N–H and O–H groups in total. The summed E-state index contributed by atoms with van der Waals surface area (Å²) in [5, 5.41) is 0. The van der Waals surface area contributed by atoms with Crippen LogP contribution in [0.2, 0.25) is 0 Å². The lowest BCUT2D eigenvalue weighted by Gasteiger charge is -2.39. The molecule has 110 valence electrons. The van der Waals surface area contributed by atoms with Gasteiger partial charge in [-0.05, 0) is 79.5 Å². The number of hydrogen-bond donors (Lipinski definition) is 0. The molecule has 1 amide bonds. The van der Waals surface area contributed by atoms with Crippen molar-refractivity contribution in [2.24, 2.45) is 0 Å². The molecular formula is C13H21Br2NO3. The van der Waals surface area contributed by atoms with Crippen LogP contribution >= 0.6 is 31.9 Å². The van der Waals surface area contributed by atoms with Crippen molar-refractivity contribution in [2.45, 2.75) is 58.4 Å². The Balaban J connectivity index is 3.10. The third kappa shape index (κ3) is 4.20. The first kappa shape index (κ1) is 17.0. The number of carbonyl (C=O) groups is 1. The summed E-state index contributed by atoms with van der Waals surface area (Å²) < 4.78 is 12.0. The van der Waals surface area contributed by atoms with E-state index in [1.54, 1.807) is 4.90 Å². The van der Waals surface area contributed by atoms with Gasteiger partial charge in [0.25, 0.3) is 0 Å². The predicted octanol–water partition coefficient (Wildman–Crippen LogP) is 4.38. The monoisotopic (exact) mass is 397 g/mol. The van der Waals surface area contributed by atoms with Gasteiger partial charge in [0.2, 0.25) is 0 Å². The molecule has 1 heterocycles. The van der Waals surface area contributed by atoms with Gasteiger partial charge in [0.15, 0.2) is 0 Å². The Hall–Kier alpha value is -0.0700. The number of hydrogen-bond acceptors (Lipinski definition) is 3. The highest BCUT2D eigenvalue weighted by molar-refractivity contribution is 9.28. The van der Waals surface area contributed by atoms with Gasteiger partial charge in [-0.2, -0.15) is 0 Å². The number of rotatable bonds is 1. The minimum Gasteiger partial charge on any atom is -0.444 e. The second kappa shape index (κ2) is 5.37. The molecule has 1 atom stereocenters. The standard InChI is InChI=1S/C13H21Br2NO3/c1-11(2,3)19-10(17)16-12(4,5)18-8-13(16,6)7-9(14)15/h7H,8H2,1-6H3/t13-/m1/s1. The minimum atomic E-state index is -0.705. The fourth-order valence-corrected chi connectivity index (χ4v) is 3.13. The summed E-state index contributed by atoms with van der Waals surface area (Å²) in [6.07, 6.45) is 1.51. The number of nitrogens with zero attached hydrogens (tertiary/aromatic N) is 1. The van der Waals surface area contributed by atoms with Crippen LogP contribution in [0.15, 0.2) is 9.47 Å². The fraction of sp³-hybridized carbons (Fsp3) is 0.769. The van der Waals surface area contributed by atoms with Gasteiger partial charge < -0.3 is 9.47 Å². The van der Waals surface area contributed by atoms with Gasteiger partial charge in [0, 0.05) is 0 Å². The highest BCUT2D eigenvalue weighted by Crippen LogP contribution is 2.38. The molecular weight excluding hydrogens is 378 g/mol. The van der Waals surface area contributed by atoms with Gasteiger partial charge in [0.05, 0.1) is 15.5 Å². The molecule has 0 spiro atoms. The van der Waals surface area contributed by atoms with Crippen LogP contribution in [0, 0.1) is 0 Å². The fourth-order valence-electron chi connectivity index (χ4n) is 2.14. The molecule has 6 heteroatoms. The average molecular weight is 399 g/mol. The maximum Gasteiger partial charge on any atom is 0.413 e. The number of halogens is 2. The maximum absolute atomic E-state index is 12.4. The molecule has 1 rings (SSSR count). The lowest BCUT2D eigenvalue weighted by molar-refractivity contribution is -0.0651. The summed E-state index contributed by atoms with van der Waals surface area (Å²) in [6, 6.07) is 0. The highest BCUT2D eigenvalue weighted by Gasteiger charge is 2.52. The summed E-state index contributed by atoms with van der Waals surface area (Å²) in [4.78, 5) is 14.1. The third-order valence-electron chi connectivity index (χ3n) is 2.76. The van der Waals surface area contributed by atoms with E-state index in [0.29, 0.717) is 6.61 Å². The molecule has 4 nitrogen and oxygen atoms in total. The van der Waals surface area contributed by atoms with Crippen LogP contribution in [0.25, 0.3) is 0 Å². The average Bonchev–Trinajstić information content (AvgIpc) is 2.32. The SMILES string of the molecule is CC(C)(C)OC(=O)N1C(C)(C)OC[C@@]1(C)C=C(Br)Br. The zero-order valence-corrected chi connectivity index (χ0v) is 15.4. The Morgan fingerprint density at radius 1 is 1.32 bits per heavy atom. The second-order valence-corrected chi connectivity index (χ2v) is 9.12. The van der Waals surface area contributed by atoms with Crippen LogP contribution in [-0.4, -0.2) is 34.5 Å². The molecule has 0 unspecified atom stereocenters. The molecule has 19 heavy (non-hydrogen) atoms. The lowest BCUT2D eigenvalue weighted by Crippen LogP contribution is -2.54. The minimum absolute atomic E-state index is 0.380. The van der Waals surface area contributed by atoms with Crippen molar-refractivity contribution in [3.63, 3.8) is 0 Å². The largest absolute Gasteiger partial charge is 0.444 e. The Bertz CT molecular complexity index is 397. The molecule has 1 aliphatic heterocycles. The summed E-state index contributed by atoms with van der Waals surface area (Å²) in [6.45, 7) is 11.6. The molecule has 0 aromatic carbocycles. The molecule has 0 bridgehead atoms. The van der Waals surface area contributed by atoms with Crippen molar-refractivity contribution >= 4 is 38.0 Å². The van der Waals surface area contributed by atoms with E-state index in [4.69, 9.17) is 9.47 Å². The highest BCUT2D eigenvalue weighted by atomic mass is 79.9. The number of amides is 1. The first-order chi connectivity index (χ1) is 8.37. The van der Waals surface area contributed by atoms with Crippen LogP contribution in [0.1, 0.15) is 41.5 Å². The van der Waals surface area contributed by atoms with Crippen molar-refractivity contribution < 1.29 is 14.3 Å². The molecule has 0 aromatic heterocycles. The molecule has 0 saturated carbocycles. The van der Waals surface area contributed by atoms with Crippen molar-refractivity contribution in [3.8, 4) is 0 Å². The molecule has 0 aromatic rings. The predicted molar refractivity (Wildman–Crippen MR) is 82.4 cm³/mol.